The molecule has 6 heteroatoms. The van der Waals surface area contributed by atoms with Crippen molar-refractivity contribution in [3.8, 4) is 0 Å². The van der Waals surface area contributed by atoms with E-state index in [9.17, 15) is 9.59 Å². The highest BCUT2D eigenvalue weighted by molar-refractivity contribution is 9.12. The molecule has 0 aliphatic rings. The molecule has 106 valence electrons. The van der Waals surface area contributed by atoms with Gasteiger partial charge in [-0.05, 0) is 50.1 Å². The van der Waals surface area contributed by atoms with Gasteiger partial charge in [0.05, 0.1) is 19.6 Å². The van der Waals surface area contributed by atoms with Gasteiger partial charge in [0.25, 0.3) is 0 Å². The van der Waals surface area contributed by atoms with Crippen LogP contribution in [-0.2, 0) is 6.54 Å². The Labute approximate surface area is 141 Å². The number of thiophene rings is 1. The number of nitrogens with zero attached hydrogens (tertiary/aromatic N) is 1. The first-order valence-electron chi connectivity index (χ1n) is 6.12. The fourth-order valence-corrected chi connectivity index (χ4v) is 5.02. The van der Waals surface area contributed by atoms with E-state index in [0.717, 1.165) is 13.1 Å². The lowest BCUT2D eigenvalue weighted by molar-refractivity contribution is 0.0973. The zero-order chi connectivity index (χ0) is 15.0. The number of hydrogen-bond donors (Lipinski definition) is 0. The van der Waals surface area contributed by atoms with Crippen molar-refractivity contribution in [2.75, 3.05) is 0 Å². The van der Waals surface area contributed by atoms with E-state index >= 15 is 0 Å². The summed E-state index contributed by atoms with van der Waals surface area (Å²) in [5.41, 5.74) is 1.38. The van der Waals surface area contributed by atoms with Crippen LogP contribution in [0.4, 0.5) is 0 Å². The molecule has 0 aliphatic heterocycles. The van der Waals surface area contributed by atoms with Crippen LogP contribution >= 0.6 is 43.2 Å². The standard InChI is InChI=1S/C15H9Br2NO2S/c16-14-7-10(15(17)21-14)13(20)8-18-6-5-12(19)9-3-1-2-4-11(9)18/h1-7H,8H2. The van der Waals surface area contributed by atoms with Crippen molar-refractivity contribution in [3.63, 3.8) is 0 Å². The summed E-state index contributed by atoms with van der Waals surface area (Å²) in [6, 6.07) is 10.6. The molecule has 21 heavy (non-hydrogen) atoms. The number of benzene rings is 1. The number of pyridine rings is 1. The van der Waals surface area contributed by atoms with Gasteiger partial charge in [0.1, 0.15) is 0 Å². The van der Waals surface area contributed by atoms with Crippen molar-refractivity contribution in [2.24, 2.45) is 0 Å². The van der Waals surface area contributed by atoms with Gasteiger partial charge in [-0.25, -0.2) is 0 Å². The summed E-state index contributed by atoms with van der Waals surface area (Å²) in [4.78, 5) is 24.3. The van der Waals surface area contributed by atoms with Crippen LogP contribution in [0.2, 0.25) is 0 Å². The fourth-order valence-electron chi connectivity index (χ4n) is 2.17. The molecule has 0 atom stereocenters. The maximum atomic E-state index is 12.4. The number of Topliss-reactive ketones (excluding diaryl/α,β-unsaturated/α-hetero) is 1. The minimum absolute atomic E-state index is 0.00220. The van der Waals surface area contributed by atoms with Crippen LogP contribution < -0.4 is 5.43 Å². The van der Waals surface area contributed by atoms with Crippen LogP contribution in [0, 0.1) is 0 Å². The molecular formula is C15H9Br2NO2S. The van der Waals surface area contributed by atoms with Crippen LogP contribution in [0.1, 0.15) is 10.4 Å². The first-order chi connectivity index (χ1) is 10.1. The number of rotatable bonds is 3. The summed E-state index contributed by atoms with van der Waals surface area (Å²) in [5, 5.41) is 0.623. The number of hydrogen-bond acceptors (Lipinski definition) is 3. The minimum Gasteiger partial charge on any atom is -0.339 e. The lowest BCUT2D eigenvalue weighted by Gasteiger charge is -2.09. The Hall–Kier alpha value is -1.24. The van der Waals surface area contributed by atoms with Gasteiger partial charge in [-0.3, -0.25) is 9.59 Å². The van der Waals surface area contributed by atoms with E-state index in [4.69, 9.17) is 0 Å². The number of halogens is 2. The smallest absolute Gasteiger partial charge is 0.189 e. The average Bonchev–Trinajstić information content (AvgIpc) is 2.81. The Bertz CT molecular complexity index is 898. The molecule has 0 spiro atoms. The molecule has 0 radical (unpaired) electrons. The summed E-state index contributed by atoms with van der Waals surface area (Å²) < 4.78 is 3.52. The van der Waals surface area contributed by atoms with Crippen molar-refractivity contribution >= 4 is 59.9 Å². The molecule has 0 fully saturated rings. The highest BCUT2D eigenvalue weighted by atomic mass is 79.9. The first kappa shape index (κ1) is 14.7. The first-order valence-corrected chi connectivity index (χ1v) is 8.53. The predicted octanol–water partition coefficient (Wildman–Crippen LogP) is 4.47. The van der Waals surface area contributed by atoms with E-state index in [2.05, 4.69) is 31.9 Å². The van der Waals surface area contributed by atoms with Crippen LogP contribution in [0.15, 0.2) is 55.0 Å². The highest BCUT2D eigenvalue weighted by Gasteiger charge is 2.15. The van der Waals surface area contributed by atoms with Gasteiger partial charge in [0.2, 0.25) is 0 Å². The second-order valence-corrected chi connectivity index (χ2v) is 8.24. The van der Waals surface area contributed by atoms with E-state index in [1.54, 1.807) is 16.8 Å². The minimum atomic E-state index is -0.0336. The third-order valence-electron chi connectivity index (χ3n) is 3.16. The molecule has 0 amide bonds. The van der Waals surface area contributed by atoms with E-state index in [1.165, 1.54) is 17.4 Å². The zero-order valence-electron chi connectivity index (χ0n) is 10.7. The Morgan fingerprint density at radius 2 is 1.95 bits per heavy atom. The van der Waals surface area contributed by atoms with Gasteiger partial charge in [0.15, 0.2) is 11.2 Å². The molecule has 3 rings (SSSR count). The molecule has 0 aliphatic carbocycles. The maximum absolute atomic E-state index is 12.4. The molecule has 0 unspecified atom stereocenters. The Kier molecular flexibility index (Phi) is 4.10. The van der Waals surface area contributed by atoms with Crippen molar-refractivity contribution in [2.45, 2.75) is 6.54 Å². The largest absolute Gasteiger partial charge is 0.339 e. The van der Waals surface area contributed by atoms with Crippen LogP contribution in [0.25, 0.3) is 10.9 Å². The van der Waals surface area contributed by atoms with E-state index in [-0.39, 0.29) is 17.8 Å². The monoisotopic (exact) mass is 425 g/mol. The molecule has 2 heterocycles. The predicted molar refractivity (Wildman–Crippen MR) is 92.3 cm³/mol. The van der Waals surface area contributed by atoms with Gasteiger partial charge in [-0.2, -0.15) is 0 Å². The van der Waals surface area contributed by atoms with Gasteiger partial charge in [0, 0.05) is 23.2 Å². The van der Waals surface area contributed by atoms with Crippen LogP contribution in [0.5, 0.6) is 0 Å². The molecule has 0 saturated heterocycles. The number of para-hydroxylation sites is 1. The van der Waals surface area contributed by atoms with Crippen molar-refractivity contribution in [1.29, 1.82) is 0 Å². The van der Waals surface area contributed by atoms with Gasteiger partial charge in [-0.1, -0.05) is 12.1 Å². The summed E-state index contributed by atoms with van der Waals surface area (Å²) in [6.07, 6.45) is 1.66. The summed E-state index contributed by atoms with van der Waals surface area (Å²) in [5.74, 6) is -0.00220. The Morgan fingerprint density at radius 1 is 1.19 bits per heavy atom. The van der Waals surface area contributed by atoms with Crippen LogP contribution in [-0.4, -0.2) is 10.4 Å². The molecule has 0 bridgehead atoms. The number of carbonyl (C=O) groups is 1. The summed E-state index contributed by atoms with van der Waals surface area (Å²) >= 11 is 8.24. The number of ketones is 1. The molecule has 3 nitrogen and oxygen atoms in total. The quantitative estimate of drug-likeness (QED) is 0.579. The molecule has 2 aromatic heterocycles. The van der Waals surface area contributed by atoms with E-state index < -0.39 is 0 Å². The maximum Gasteiger partial charge on any atom is 0.189 e. The van der Waals surface area contributed by atoms with Gasteiger partial charge >= 0.3 is 0 Å². The number of aromatic nitrogens is 1. The average molecular weight is 427 g/mol. The molecule has 0 N–H and O–H groups in total. The zero-order valence-corrected chi connectivity index (χ0v) is 14.7. The Morgan fingerprint density at radius 3 is 2.67 bits per heavy atom. The van der Waals surface area contributed by atoms with Crippen molar-refractivity contribution in [3.05, 3.63) is 66.0 Å². The van der Waals surface area contributed by atoms with Crippen molar-refractivity contribution in [1.82, 2.24) is 4.57 Å². The summed E-state index contributed by atoms with van der Waals surface area (Å²) in [7, 11) is 0. The molecule has 0 saturated carbocycles. The van der Waals surface area contributed by atoms with Crippen molar-refractivity contribution < 1.29 is 4.79 Å². The molecular weight excluding hydrogens is 418 g/mol. The normalized spacial score (nSPS) is 11.0. The lowest BCUT2D eigenvalue weighted by Crippen LogP contribution is -2.14. The fraction of sp³-hybridized carbons (Fsp3) is 0.0667. The highest BCUT2D eigenvalue weighted by Crippen LogP contribution is 2.32. The molecule has 1 aromatic carbocycles. The van der Waals surface area contributed by atoms with E-state index in [0.29, 0.717) is 10.9 Å². The third kappa shape index (κ3) is 2.88. The number of fused-ring (bicyclic) bond motifs is 1. The lowest BCUT2D eigenvalue weighted by atomic mass is 10.2. The SMILES string of the molecule is O=C(Cn1ccc(=O)c2ccccc21)c1cc(Br)sc1Br. The third-order valence-corrected chi connectivity index (χ3v) is 5.50. The topological polar surface area (TPSA) is 39.1 Å². The van der Waals surface area contributed by atoms with Crippen LogP contribution in [0.3, 0.4) is 0 Å². The van der Waals surface area contributed by atoms with E-state index in [1.807, 2.05) is 24.3 Å². The Balaban J connectivity index is 2.03. The van der Waals surface area contributed by atoms with Gasteiger partial charge in [-0.15, -0.1) is 11.3 Å². The summed E-state index contributed by atoms with van der Waals surface area (Å²) in [6.45, 7) is 0.197. The number of carbonyl (C=O) groups excluding carboxylic acids is 1. The second kappa shape index (κ2) is 5.87. The molecule has 3 aromatic rings. The van der Waals surface area contributed by atoms with Gasteiger partial charge < -0.3 is 4.57 Å². The second-order valence-electron chi connectivity index (χ2n) is 4.49.